The van der Waals surface area contributed by atoms with Crippen LogP contribution in [-0.4, -0.2) is 48.1 Å². The van der Waals surface area contributed by atoms with Crippen LogP contribution >= 0.6 is 0 Å². The molecule has 1 aliphatic heterocycles. The summed E-state index contributed by atoms with van der Waals surface area (Å²) in [5, 5.41) is 2.91. The molecule has 1 fully saturated rings. The Morgan fingerprint density at radius 1 is 1.30 bits per heavy atom. The fourth-order valence-corrected chi connectivity index (χ4v) is 2.91. The van der Waals surface area contributed by atoms with Crippen LogP contribution in [0.2, 0.25) is 0 Å². The van der Waals surface area contributed by atoms with E-state index in [2.05, 4.69) is 5.32 Å². The van der Waals surface area contributed by atoms with E-state index in [-0.39, 0.29) is 24.0 Å². The van der Waals surface area contributed by atoms with Crippen molar-refractivity contribution in [3.63, 3.8) is 0 Å². The average Bonchev–Trinajstić information content (AvgIpc) is 2.45. The molecule has 0 bridgehead atoms. The largest absolute Gasteiger partial charge is 0.380 e. The molecule has 0 aromatic heterocycles. The van der Waals surface area contributed by atoms with E-state index in [0.29, 0.717) is 25.8 Å². The van der Waals surface area contributed by atoms with Gasteiger partial charge in [-0.2, -0.15) is 0 Å². The zero-order valence-electron chi connectivity index (χ0n) is 13.4. The summed E-state index contributed by atoms with van der Waals surface area (Å²) in [6.07, 6.45) is 2.72. The van der Waals surface area contributed by atoms with E-state index in [0.717, 1.165) is 6.42 Å². The topological polar surface area (TPSA) is 58.6 Å². The SMILES string of the molecule is CCCC1NC(=O)C(CC)(CC)N(CC(C)OC)C1=O. The summed E-state index contributed by atoms with van der Waals surface area (Å²) in [7, 11) is 1.63. The lowest BCUT2D eigenvalue weighted by Crippen LogP contribution is -2.71. The molecule has 2 amide bonds. The molecule has 2 unspecified atom stereocenters. The number of carbonyl (C=O) groups is 2. The molecule has 1 saturated heterocycles. The summed E-state index contributed by atoms with van der Waals surface area (Å²) in [6, 6.07) is -0.386. The van der Waals surface area contributed by atoms with E-state index in [1.165, 1.54) is 0 Å². The predicted octanol–water partition coefficient (Wildman–Crippen LogP) is 1.71. The molecule has 1 N–H and O–H groups in total. The van der Waals surface area contributed by atoms with Crippen molar-refractivity contribution in [3.05, 3.63) is 0 Å². The molecule has 0 radical (unpaired) electrons. The molecular formula is C15H28N2O3. The van der Waals surface area contributed by atoms with Crippen LogP contribution in [0.3, 0.4) is 0 Å². The Labute approximate surface area is 122 Å². The molecule has 1 aliphatic rings. The minimum absolute atomic E-state index is 0.0242. The number of piperazine rings is 1. The molecule has 0 spiro atoms. The van der Waals surface area contributed by atoms with Crippen LogP contribution in [0.15, 0.2) is 0 Å². The maximum Gasteiger partial charge on any atom is 0.246 e. The van der Waals surface area contributed by atoms with Crippen molar-refractivity contribution in [2.24, 2.45) is 0 Å². The van der Waals surface area contributed by atoms with Gasteiger partial charge in [0.25, 0.3) is 0 Å². The van der Waals surface area contributed by atoms with E-state index in [4.69, 9.17) is 4.74 Å². The molecule has 2 atom stereocenters. The average molecular weight is 284 g/mol. The zero-order valence-corrected chi connectivity index (χ0v) is 13.4. The summed E-state index contributed by atoms with van der Waals surface area (Å²) < 4.78 is 5.29. The van der Waals surface area contributed by atoms with Gasteiger partial charge in [-0.25, -0.2) is 0 Å². The summed E-state index contributed by atoms with van der Waals surface area (Å²) in [4.78, 5) is 27.0. The lowest BCUT2D eigenvalue weighted by atomic mass is 9.85. The second-order valence-corrected chi connectivity index (χ2v) is 5.55. The van der Waals surface area contributed by atoms with E-state index in [9.17, 15) is 9.59 Å². The van der Waals surface area contributed by atoms with Crippen LogP contribution in [0, 0.1) is 0 Å². The van der Waals surface area contributed by atoms with Crippen LogP contribution in [0.1, 0.15) is 53.4 Å². The van der Waals surface area contributed by atoms with Gasteiger partial charge >= 0.3 is 0 Å². The highest BCUT2D eigenvalue weighted by Gasteiger charge is 2.50. The van der Waals surface area contributed by atoms with Crippen molar-refractivity contribution in [3.8, 4) is 0 Å². The van der Waals surface area contributed by atoms with Crippen molar-refractivity contribution < 1.29 is 14.3 Å². The quantitative estimate of drug-likeness (QED) is 0.774. The Morgan fingerprint density at radius 3 is 2.35 bits per heavy atom. The Morgan fingerprint density at radius 2 is 1.90 bits per heavy atom. The second kappa shape index (κ2) is 7.07. The zero-order chi connectivity index (χ0) is 15.3. The van der Waals surface area contributed by atoms with Gasteiger partial charge < -0.3 is 15.0 Å². The number of amides is 2. The first kappa shape index (κ1) is 17.0. The fourth-order valence-electron chi connectivity index (χ4n) is 2.91. The Kier molecular flexibility index (Phi) is 5.99. The highest BCUT2D eigenvalue weighted by molar-refractivity contribution is 5.99. The lowest BCUT2D eigenvalue weighted by molar-refractivity contribution is -0.160. The number of methoxy groups -OCH3 is 1. The standard InChI is InChI=1S/C15H28N2O3/c1-6-9-12-13(18)17(10-11(4)20-5)15(7-2,8-3)14(19)16-12/h11-12H,6-10H2,1-5H3,(H,16,19). The van der Waals surface area contributed by atoms with Crippen LogP contribution in [-0.2, 0) is 14.3 Å². The fraction of sp³-hybridized carbons (Fsp3) is 0.867. The van der Waals surface area contributed by atoms with Gasteiger partial charge in [0, 0.05) is 13.7 Å². The molecule has 116 valence electrons. The first-order chi connectivity index (χ1) is 9.46. The summed E-state index contributed by atoms with van der Waals surface area (Å²) in [6.45, 7) is 8.32. The van der Waals surface area contributed by atoms with Gasteiger partial charge in [-0.05, 0) is 26.2 Å². The highest BCUT2D eigenvalue weighted by atomic mass is 16.5. The predicted molar refractivity (Wildman–Crippen MR) is 78.3 cm³/mol. The number of rotatable bonds is 7. The molecule has 5 heteroatoms. The highest BCUT2D eigenvalue weighted by Crippen LogP contribution is 2.30. The lowest BCUT2D eigenvalue weighted by Gasteiger charge is -2.48. The summed E-state index contributed by atoms with van der Waals surface area (Å²) in [5.41, 5.74) is -0.728. The van der Waals surface area contributed by atoms with Crippen LogP contribution < -0.4 is 5.32 Å². The van der Waals surface area contributed by atoms with Crippen LogP contribution in [0.5, 0.6) is 0 Å². The van der Waals surface area contributed by atoms with E-state index < -0.39 is 5.54 Å². The van der Waals surface area contributed by atoms with Gasteiger partial charge in [0.2, 0.25) is 11.8 Å². The summed E-state index contributed by atoms with van der Waals surface area (Å²) in [5.74, 6) is 0.00269. The normalized spacial score (nSPS) is 23.6. The molecule has 0 aliphatic carbocycles. The molecule has 0 aromatic carbocycles. The van der Waals surface area contributed by atoms with Crippen molar-refractivity contribution in [1.29, 1.82) is 0 Å². The number of ether oxygens (including phenoxy) is 1. The first-order valence-corrected chi connectivity index (χ1v) is 7.62. The van der Waals surface area contributed by atoms with Gasteiger partial charge in [-0.1, -0.05) is 27.2 Å². The number of nitrogens with zero attached hydrogens (tertiary/aromatic N) is 1. The number of carbonyl (C=O) groups excluding carboxylic acids is 2. The number of nitrogens with one attached hydrogen (secondary N) is 1. The smallest absolute Gasteiger partial charge is 0.246 e. The van der Waals surface area contributed by atoms with Crippen molar-refractivity contribution in [1.82, 2.24) is 10.2 Å². The molecule has 5 nitrogen and oxygen atoms in total. The third kappa shape index (κ3) is 2.97. The Hall–Kier alpha value is -1.10. The Bertz CT molecular complexity index is 353. The van der Waals surface area contributed by atoms with Crippen molar-refractivity contribution >= 4 is 11.8 Å². The summed E-state index contributed by atoms with van der Waals surface area (Å²) >= 11 is 0. The number of hydrogen-bond acceptors (Lipinski definition) is 3. The number of hydrogen-bond donors (Lipinski definition) is 1. The van der Waals surface area contributed by atoms with Gasteiger partial charge in [0.05, 0.1) is 6.10 Å². The van der Waals surface area contributed by atoms with E-state index >= 15 is 0 Å². The minimum Gasteiger partial charge on any atom is -0.380 e. The minimum atomic E-state index is -0.728. The molecule has 1 heterocycles. The molecule has 0 aromatic rings. The van der Waals surface area contributed by atoms with Crippen LogP contribution in [0.25, 0.3) is 0 Å². The van der Waals surface area contributed by atoms with Crippen molar-refractivity contribution in [2.45, 2.75) is 71.1 Å². The second-order valence-electron chi connectivity index (χ2n) is 5.55. The molecule has 1 rings (SSSR count). The maximum atomic E-state index is 12.7. The third-order valence-corrected chi connectivity index (χ3v) is 4.40. The molecule has 20 heavy (non-hydrogen) atoms. The van der Waals surface area contributed by atoms with E-state index in [1.54, 1.807) is 12.0 Å². The third-order valence-electron chi connectivity index (χ3n) is 4.40. The van der Waals surface area contributed by atoms with Gasteiger partial charge in [0.1, 0.15) is 11.6 Å². The van der Waals surface area contributed by atoms with Crippen LogP contribution in [0.4, 0.5) is 0 Å². The monoisotopic (exact) mass is 284 g/mol. The van der Waals surface area contributed by atoms with Crippen molar-refractivity contribution in [2.75, 3.05) is 13.7 Å². The first-order valence-electron chi connectivity index (χ1n) is 7.62. The maximum absolute atomic E-state index is 12.7. The van der Waals surface area contributed by atoms with E-state index in [1.807, 2.05) is 27.7 Å². The molecular weight excluding hydrogens is 256 g/mol. The van der Waals surface area contributed by atoms with Gasteiger partial charge in [0.15, 0.2) is 0 Å². The van der Waals surface area contributed by atoms with Gasteiger partial charge in [-0.15, -0.1) is 0 Å². The molecule has 0 saturated carbocycles. The van der Waals surface area contributed by atoms with Gasteiger partial charge in [-0.3, -0.25) is 9.59 Å². The Balaban J connectivity index is 3.09.